The first-order valence-corrected chi connectivity index (χ1v) is 11.6. The van der Waals surface area contributed by atoms with Crippen molar-refractivity contribution in [2.75, 3.05) is 13.7 Å². The SMILES string of the molecule is C=C[C@@H](OCc1ccccc1)[C@H](OCc1ccccc1)[C@@H](COCc1ccccc1)OC(=C)OC. The Hall–Kier alpha value is -3.38. The summed E-state index contributed by atoms with van der Waals surface area (Å²) in [5, 5.41) is 0. The Kier molecular flexibility index (Phi) is 11.1. The lowest BCUT2D eigenvalue weighted by molar-refractivity contribution is -0.154. The average molecular weight is 475 g/mol. The van der Waals surface area contributed by atoms with Crippen LogP contribution in [0.3, 0.4) is 0 Å². The van der Waals surface area contributed by atoms with Crippen molar-refractivity contribution in [2.24, 2.45) is 0 Å². The fraction of sp³-hybridized carbons (Fsp3) is 0.267. The van der Waals surface area contributed by atoms with Crippen molar-refractivity contribution in [3.63, 3.8) is 0 Å². The lowest BCUT2D eigenvalue weighted by Gasteiger charge is -2.32. The summed E-state index contributed by atoms with van der Waals surface area (Å²) >= 11 is 0. The van der Waals surface area contributed by atoms with Crippen molar-refractivity contribution in [1.82, 2.24) is 0 Å². The highest BCUT2D eigenvalue weighted by molar-refractivity contribution is 5.15. The smallest absolute Gasteiger partial charge is 0.271 e. The molecular formula is C30H34O5. The van der Waals surface area contributed by atoms with Crippen molar-refractivity contribution in [3.8, 4) is 0 Å². The van der Waals surface area contributed by atoms with Crippen LogP contribution in [0.1, 0.15) is 16.7 Å². The van der Waals surface area contributed by atoms with Crippen LogP contribution in [0.5, 0.6) is 0 Å². The van der Waals surface area contributed by atoms with E-state index < -0.39 is 18.3 Å². The van der Waals surface area contributed by atoms with Crippen LogP contribution in [-0.2, 0) is 43.5 Å². The highest BCUT2D eigenvalue weighted by Gasteiger charge is 2.32. The summed E-state index contributed by atoms with van der Waals surface area (Å²) < 4.78 is 29.9. The Morgan fingerprint density at radius 2 is 1.23 bits per heavy atom. The van der Waals surface area contributed by atoms with E-state index >= 15 is 0 Å². The number of methoxy groups -OCH3 is 1. The fourth-order valence-corrected chi connectivity index (χ4v) is 3.52. The van der Waals surface area contributed by atoms with Crippen LogP contribution in [0.2, 0.25) is 0 Å². The molecule has 3 aromatic rings. The molecule has 0 spiro atoms. The van der Waals surface area contributed by atoms with Gasteiger partial charge in [-0.25, -0.2) is 0 Å². The first kappa shape index (κ1) is 26.2. The second-order valence-corrected chi connectivity index (χ2v) is 7.99. The monoisotopic (exact) mass is 474 g/mol. The molecule has 0 saturated carbocycles. The molecule has 0 fully saturated rings. The van der Waals surface area contributed by atoms with Crippen molar-refractivity contribution in [2.45, 2.75) is 38.1 Å². The molecule has 3 rings (SSSR count). The molecular weight excluding hydrogens is 440 g/mol. The summed E-state index contributed by atoms with van der Waals surface area (Å²) in [5.41, 5.74) is 3.16. The predicted molar refractivity (Wildman–Crippen MR) is 137 cm³/mol. The Labute approximate surface area is 208 Å². The van der Waals surface area contributed by atoms with Crippen LogP contribution in [0.15, 0.2) is 116 Å². The van der Waals surface area contributed by atoms with Crippen LogP contribution in [-0.4, -0.2) is 32.0 Å². The van der Waals surface area contributed by atoms with Gasteiger partial charge in [0.1, 0.15) is 12.2 Å². The molecule has 0 amide bonds. The van der Waals surface area contributed by atoms with E-state index in [4.69, 9.17) is 23.7 Å². The molecule has 35 heavy (non-hydrogen) atoms. The summed E-state index contributed by atoms with van der Waals surface area (Å²) in [7, 11) is 1.51. The van der Waals surface area contributed by atoms with Crippen LogP contribution >= 0.6 is 0 Å². The summed E-state index contributed by atoms with van der Waals surface area (Å²) in [5.74, 6) is 0.178. The number of ether oxygens (including phenoxy) is 5. The Morgan fingerprint density at radius 3 is 1.71 bits per heavy atom. The molecule has 0 N–H and O–H groups in total. The van der Waals surface area contributed by atoms with E-state index in [2.05, 4.69) is 13.2 Å². The summed E-state index contributed by atoms with van der Waals surface area (Å²) in [6.07, 6.45) is 0.198. The lowest BCUT2D eigenvalue weighted by Crippen LogP contribution is -2.44. The van der Waals surface area contributed by atoms with Gasteiger partial charge in [0.15, 0.2) is 6.10 Å². The van der Waals surface area contributed by atoms with Gasteiger partial charge in [-0.15, -0.1) is 6.58 Å². The first-order valence-electron chi connectivity index (χ1n) is 11.6. The van der Waals surface area contributed by atoms with Gasteiger partial charge in [-0.05, 0) is 23.3 Å². The van der Waals surface area contributed by atoms with Gasteiger partial charge in [-0.3, -0.25) is 0 Å². The summed E-state index contributed by atoms with van der Waals surface area (Å²) in [4.78, 5) is 0. The fourth-order valence-electron chi connectivity index (χ4n) is 3.52. The molecule has 0 aliphatic heterocycles. The maximum atomic E-state index is 6.38. The molecule has 3 atom stereocenters. The topological polar surface area (TPSA) is 46.2 Å². The maximum Gasteiger partial charge on any atom is 0.271 e. The molecule has 5 heteroatoms. The van der Waals surface area contributed by atoms with Crippen molar-refractivity contribution >= 4 is 0 Å². The molecule has 3 aromatic carbocycles. The predicted octanol–water partition coefficient (Wildman–Crippen LogP) is 6.06. The van der Waals surface area contributed by atoms with Gasteiger partial charge < -0.3 is 23.7 Å². The second-order valence-electron chi connectivity index (χ2n) is 7.99. The van der Waals surface area contributed by atoms with E-state index in [-0.39, 0.29) is 12.6 Å². The van der Waals surface area contributed by atoms with Crippen molar-refractivity contribution in [3.05, 3.63) is 133 Å². The molecule has 0 bridgehead atoms. The van der Waals surface area contributed by atoms with Gasteiger partial charge in [0.2, 0.25) is 0 Å². The molecule has 0 aromatic heterocycles. The second kappa shape index (κ2) is 14.8. The van der Waals surface area contributed by atoms with Gasteiger partial charge in [-0.1, -0.05) is 97.1 Å². The molecule has 0 heterocycles. The third-order valence-electron chi connectivity index (χ3n) is 5.40. The average Bonchev–Trinajstić information content (AvgIpc) is 2.91. The van der Waals surface area contributed by atoms with Crippen LogP contribution in [0.25, 0.3) is 0 Å². The van der Waals surface area contributed by atoms with E-state index in [0.717, 1.165) is 16.7 Å². The molecule has 5 nitrogen and oxygen atoms in total. The van der Waals surface area contributed by atoms with E-state index in [0.29, 0.717) is 19.8 Å². The van der Waals surface area contributed by atoms with Crippen LogP contribution in [0.4, 0.5) is 0 Å². The van der Waals surface area contributed by atoms with Gasteiger partial charge in [-0.2, -0.15) is 0 Å². The van der Waals surface area contributed by atoms with Gasteiger partial charge >= 0.3 is 0 Å². The van der Waals surface area contributed by atoms with Crippen molar-refractivity contribution in [1.29, 1.82) is 0 Å². The molecule has 0 unspecified atom stereocenters. The van der Waals surface area contributed by atoms with Gasteiger partial charge in [0.05, 0.1) is 33.5 Å². The normalized spacial score (nSPS) is 13.4. The zero-order valence-corrected chi connectivity index (χ0v) is 20.3. The third-order valence-corrected chi connectivity index (χ3v) is 5.40. The molecule has 0 radical (unpaired) electrons. The minimum absolute atomic E-state index is 0.178. The third kappa shape index (κ3) is 9.06. The minimum atomic E-state index is -0.548. The van der Waals surface area contributed by atoms with Crippen LogP contribution in [0, 0.1) is 0 Å². The largest absolute Gasteiger partial charge is 0.469 e. The van der Waals surface area contributed by atoms with Gasteiger partial charge in [0, 0.05) is 0 Å². The maximum absolute atomic E-state index is 6.38. The standard InChI is InChI=1S/C30H34O5/c1-4-28(33-21-26-16-10-6-11-17-26)30(34-22-27-18-12-7-13-19-27)29(35-24(2)31-3)23-32-20-25-14-8-5-9-15-25/h4-19,28-30H,1-2,20-23H2,3H3/t28-,29-,30+/m1/s1. The zero-order valence-electron chi connectivity index (χ0n) is 20.3. The Morgan fingerprint density at radius 1 is 0.743 bits per heavy atom. The van der Waals surface area contributed by atoms with Crippen molar-refractivity contribution < 1.29 is 23.7 Å². The highest BCUT2D eigenvalue weighted by Crippen LogP contribution is 2.20. The first-order chi connectivity index (χ1) is 17.2. The Balaban J connectivity index is 1.76. The Bertz CT molecular complexity index is 991. The van der Waals surface area contributed by atoms with Crippen LogP contribution < -0.4 is 0 Å². The molecule has 184 valence electrons. The van der Waals surface area contributed by atoms with E-state index in [1.807, 2.05) is 91.0 Å². The lowest BCUT2D eigenvalue weighted by atomic mass is 10.1. The molecule has 0 saturated heterocycles. The molecule has 0 aliphatic carbocycles. The summed E-state index contributed by atoms with van der Waals surface area (Å²) in [6, 6.07) is 29.9. The van der Waals surface area contributed by atoms with E-state index in [1.165, 1.54) is 7.11 Å². The zero-order chi connectivity index (χ0) is 24.7. The number of hydrogen-bond donors (Lipinski definition) is 0. The number of rotatable bonds is 16. The van der Waals surface area contributed by atoms with E-state index in [1.54, 1.807) is 6.08 Å². The minimum Gasteiger partial charge on any atom is -0.469 e. The number of hydrogen-bond acceptors (Lipinski definition) is 5. The number of benzene rings is 3. The van der Waals surface area contributed by atoms with E-state index in [9.17, 15) is 0 Å². The highest BCUT2D eigenvalue weighted by atomic mass is 16.7. The summed E-state index contributed by atoms with van der Waals surface area (Å²) in [6.45, 7) is 9.31. The quantitative estimate of drug-likeness (QED) is 0.186. The molecule has 0 aliphatic rings. The van der Waals surface area contributed by atoms with Gasteiger partial charge in [0.25, 0.3) is 5.95 Å².